The standard InChI is InChI=1S/C13H9.C11H11.C3H6.2ClH.Zr/c1-3-7-12-10(5-1)9-11-6-2-4-8-13(11)12;1-8-7-10-5-3-4-6-11(10)9(8)2;1-3-2;;;/h1-5,7-8H,9H2;3-7H,1-2H3;1-2H3;2*1H;/q2*-1;;;;+2/p-2. The molecular formula is C27H26Cl2Zr-2. The maximum absolute atomic E-state index is 3.30. The van der Waals surface area contributed by atoms with Gasteiger partial charge in [-0.3, -0.25) is 0 Å². The van der Waals surface area contributed by atoms with Gasteiger partial charge in [0.15, 0.2) is 0 Å². The molecule has 0 nitrogen and oxygen atoms in total. The average Bonchev–Trinajstić information content (AvgIpc) is 3.20. The van der Waals surface area contributed by atoms with Crippen LogP contribution in [-0.4, -0.2) is 3.21 Å². The summed E-state index contributed by atoms with van der Waals surface area (Å²) in [6.45, 7) is 8.59. The molecule has 0 aliphatic heterocycles. The minimum absolute atomic E-state index is 0. The number of hydrogen-bond donors (Lipinski definition) is 0. The van der Waals surface area contributed by atoms with Crippen molar-refractivity contribution in [2.24, 2.45) is 0 Å². The molecule has 4 aromatic carbocycles. The zero-order valence-corrected chi connectivity index (χ0v) is 21.9. The third-order valence-electron chi connectivity index (χ3n) is 4.94. The zero-order valence-electron chi connectivity index (χ0n) is 17.9. The van der Waals surface area contributed by atoms with Gasteiger partial charge in [0, 0.05) is 0 Å². The van der Waals surface area contributed by atoms with Gasteiger partial charge in [-0.25, -0.2) is 0 Å². The van der Waals surface area contributed by atoms with E-state index >= 15 is 0 Å². The van der Waals surface area contributed by atoms with Crippen molar-refractivity contribution in [3.05, 3.63) is 101 Å². The van der Waals surface area contributed by atoms with Gasteiger partial charge < -0.3 is 24.8 Å². The summed E-state index contributed by atoms with van der Waals surface area (Å²) in [5.41, 5.74) is 8.32. The molecule has 0 unspecified atom stereocenters. The molecule has 0 saturated carbocycles. The largest absolute Gasteiger partial charge is 1.00 e. The summed E-state index contributed by atoms with van der Waals surface area (Å²) in [5.74, 6) is 0. The Labute approximate surface area is 208 Å². The molecule has 4 aromatic rings. The number of rotatable bonds is 0. The average molecular weight is 513 g/mol. The molecule has 0 heterocycles. The van der Waals surface area contributed by atoms with Crippen molar-refractivity contribution in [2.75, 3.05) is 0 Å². The molecule has 0 fully saturated rings. The van der Waals surface area contributed by atoms with Gasteiger partial charge >= 0.3 is 41.3 Å². The first-order chi connectivity index (χ1) is 13.5. The van der Waals surface area contributed by atoms with Crippen LogP contribution in [0.3, 0.4) is 0 Å². The molecule has 0 saturated heterocycles. The van der Waals surface area contributed by atoms with Crippen LogP contribution in [0.5, 0.6) is 0 Å². The maximum atomic E-state index is 3.30. The Morgan fingerprint density at radius 1 is 0.867 bits per heavy atom. The molecule has 0 spiro atoms. The fourth-order valence-corrected chi connectivity index (χ4v) is 3.52. The monoisotopic (exact) mass is 510 g/mol. The summed E-state index contributed by atoms with van der Waals surface area (Å²) >= 11 is 1.55. The van der Waals surface area contributed by atoms with Crippen LogP contribution >= 0.6 is 0 Å². The van der Waals surface area contributed by atoms with Gasteiger partial charge in [0.25, 0.3) is 0 Å². The van der Waals surface area contributed by atoms with E-state index in [2.05, 4.69) is 100 Å². The summed E-state index contributed by atoms with van der Waals surface area (Å²) in [6.07, 6.45) is 1.05. The van der Waals surface area contributed by atoms with E-state index in [1.54, 1.807) is 24.2 Å². The van der Waals surface area contributed by atoms with Crippen LogP contribution in [0.1, 0.15) is 36.1 Å². The minimum atomic E-state index is 0. The van der Waals surface area contributed by atoms with Gasteiger partial charge in [-0.05, 0) is 6.42 Å². The van der Waals surface area contributed by atoms with Gasteiger partial charge in [0.2, 0.25) is 0 Å². The fourth-order valence-electron chi connectivity index (χ4n) is 3.52. The molecule has 5 rings (SSSR count). The van der Waals surface area contributed by atoms with Crippen molar-refractivity contribution in [2.45, 2.75) is 34.1 Å². The van der Waals surface area contributed by atoms with E-state index in [1.165, 1.54) is 47.4 Å². The van der Waals surface area contributed by atoms with Crippen LogP contribution < -0.4 is 24.8 Å². The Bertz CT molecular complexity index is 1060. The van der Waals surface area contributed by atoms with Crippen molar-refractivity contribution in [1.82, 2.24) is 0 Å². The summed E-state index contributed by atoms with van der Waals surface area (Å²) in [6, 6.07) is 28.9. The van der Waals surface area contributed by atoms with Gasteiger partial charge in [-0.1, -0.05) is 55.3 Å². The second-order valence-corrected chi connectivity index (χ2v) is 9.89. The topological polar surface area (TPSA) is 0 Å². The van der Waals surface area contributed by atoms with Crippen LogP contribution in [0.4, 0.5) is 0 Å². The van der Waals surface area contributed by atoms with E-state index in [-0.39, 0.29) is 24.8 Å². The van der Waals surface area contributed by atoms with Crippen molar-refractivity contribution in [1.29, 1.82) is 0 Å². The molecule has 1 aliphatic rings. The minimum Gasteiger partial charge on any atom is -1.00 e. The third-order valence-corrected chi connectivity index (χ3v) is 4.94. The second-order valence-electron chi connectivity index (χ2n) is 7.44. The zero-order chi connectivity index (χ0) is 20.1. The Morgan fingerprint density at radius 2 is 1.47 bits per heavy atom. The van der Waals surface area contributed by atoms with E-state index in [1.807, 2.05) is 6.07 Å². The number of hydrogen-bond acceptors (Lipinski definition) is 0. The first-order valence-corrected chi connectivity index (χ1v) is 10.9. The SMILES string of the molecule is C[C](C)=[Zr+2].Cc1[cH-]c2ccccc2c1C.[Cl-].[Cl-].[c-]1cccc2c1Cc1ccccc1-2. The van der Waals surface area contributed by atoms with Crippen molar-refractivity contribution in [3.8, 4) is 11.1 Å². The number of benzene rings is 3. The first kappa shape index (κ1) is 26.6. The van der Waals surface area contributed by atoms with Gasteiger partial charge in [0.05, 0.1) is 0 Å². The normalized spacial score (nSPS) is 10.2. The van der Waals surface area contributed by atoms with Crippen LogP contribution in [0.15, 0.2) is 72.8 Å². The third kappa shape index (κ3) is 6.55. The molecular weight excluding hydrogens is 486 g/mol. The van der Waals surface area contributed by atoms with E-state index < -0.39 is 0 Å². The fraction of sp³-hybridized carbons (Fsp3) is 0.185. The molecule has 3 heteroatoms. The van der Waals surface area contributed by atoms with Crippen LogP contribution in [0.2, 0.25) is 0 Å². The predicted octanol–water partition coefficient (Wildman–Crippen LogP) is 0.987. The Morgan fingerprint density at radius 3 is 2.17 bits per heavy atom. The van der Waals surface area contributed by atoms with Crippen molar-refractivity contribution in [3.63, 3.8) is 0 Å². The molecule has 154 valence electrons. The summed E-state index contributed by atoms with van der Waals surface area (Å²) in [5, 5.41) is 2.76. The van der Waals surface area contributed by atoms with Gasteiger partial charge in [0.1, 0.15) is 0 Å². The maximum Gasteiger partial charge on any atom is -0.0253 e. The second kappa shape index (κ2) is 12.5. The van der Waals surface area contributed by atoms with Crippen LogP contribution in [-0.2, 0) is 30.7 Å². The van der Waals surface area contributed by atoms with Crippen molar-refractivity contribution >= 4 is 14.0 Å². The van der Waals surface area contributed by atoms with E-state index in [4.69, 9.17) is 0 Å². The number of halogens is 2. The van der Waals surface area contributed by atoms with E-state index in [0.29, 0.717) is 0 Å². The molecule has 0 amide bonds. The number of fused-ring (bicyclic) bond motifs is 4. The van der Waals surface area contributed by atoms with Gasteiger partial charge in [-0.2, -0.15) is 35.4 Å². The van der Waals surface area contributed by atoms with Crippen LogP contribution in [0, 0.1) is 19.9 Å². The molecule has 0 bridgehead atoms. The quantitative estimate of drug-likeness (QED) is 0.272. The molecule has 0 atom stereocenters. The molecule has 30 heavy (non-hydrogen) atoms. The molecule has 0 aromatic heterocycles. The van der Waals surface area contributed by atoms with E-state index in [9.17, 15) is 0 Å². The summed E-state index contributed by atoms with van der Waals surface area (Å²) in [7, 11) is 0. The van der Waals surface area contributed by atoms with E-state index in [0.717, 1.165) is 6.42 Å². The summed E-state index contributed by atoms with van der Waals surface area (Å²) in [4.78, 5) is 0. The Kier molecular flexibility index (Phi) is 11.1. The number of aryl methyl sites for hydroxylation is 2. The Balaban J connectivity index is 0.000000244. The molecule has 0 N–H and O–H groups in total. The summed E-state index contributed by atoms with van der Waals surface area (Å²) < 4.78 is 1.51. The Hall–Kier alpha value is -1.40. The van der Waals surface area contributed by atoms with Crippen LogP contribution in [0.25, 0.3) is 21.9 Å². The van der Waals surface area contributed by atoms with Gasteiger partial charge in [-0.15, -0.1) is 46.2 Å². The molecule has 0 radical (unpaired) electrons. The first-order valence-electron chi connectivity index (χ1n) is 9.68. The molecule has 1 aliphatic carbocycles. The predicted molar refractivity (Wildman–Crippen MR) is 119 cm³/mol. The smallest absolute Gasteiger partial charge is 0.0253 e. The van der Waals surface area contributed by atoms with Crippen molar-refractivity contribution < 1.29 is 49.0 Å².